The van der Waals surface area contributed by atoms with E-state index < -0.39 is 23.4 Å². The van der Waals surface area contributed by atoms with Gasteiger partial charge in [-0.2, -0.15) is 5.01 Å². The molecule has 1 aliphatic rings. The lowest BCUT2D eigenvalue weighted by Crippen LogP contribution is -2.50. The van der Waals surface area contributed by atoms with Gasteiger partial charge in [-0.15, -0.1) is 0 Å². The van der Waals surface area contributed by atoms with Crippen LogP contribution in [-0.4, -0.2) is 59.8 Å². The summed E-state index contributed by atoms with van der Waals surface area (Å²) in [5.41, 5.74) is 2.45. The van der Waals surface area contributed by atoms with E-state index in [1.54, 1.807) is 52.2 Å². The Labute approximate surface area is 151 Å². The molecular formula is C17H23N5O4. The number of nitrogens with one attached hydrogen (secondary N) is 3. The van der Waals surface area contributed by atoms with E-state index in [4.69, 9.17) is 0 Å². The summed E-state index contributed by atoms with van der Waals surface area (Å²) >= 11 is 0. The number of hydrogen-bond donors (Lipinski definition) is 3. The maximum atomic E-state index is 12.2. The Kier molecular flexibility index (Phi) is 5.49. The lowest BCUT2D eigenvalue weighted by Gasteiger charge is -2.19. The summed E-state index contributed by atoms with van der Waals surface area (Å²) < 4.78 is 0. The molecule has 26 heavy (non-hydrogen) atoms. The maximum Gasteiger partial charge on any atom is 0.344 e. The SMILES string of the molecule is CCC1(C)NC(=O)N(NC(=O)CNc2ccc(C(=O)N(C)C)cc2)C1=O. The second kappa shape index (κ2) is 7.42. The predicted octanol–water partition coefficient (Wildman–Crippen LogP) is 0.552. The summed E-state index contributed by atoms with van der Waals surface area (Å²) in [6.07, 6.45) is 0.417. The van der Waals surface area contributed by atoms with Crippen LogP contribution in [0.2, 0.25) is 0 Å². The molecule has 0 radical (unpaired) electrons. The van der Waals surface area contributed by atoms with Crippen LogP contribution in [0.3, 0.4) is 0 Å². The van der Waals surface area contributed by atoms with Crippen molar-refractivity contribution < 1.29 is 19.2 Å². The van der Waals surface area contributed by atoms with Crippen molar-refractivity contribution in [2.45, 2.75) is 25.8 Å². The quantitative estimate of drug-likeness (QED) is 0.641. The molecule has 1 aromatic carbocycles. The Morgan fingerprint density at radius 1 is 1.19 bits per heavy atom. The van der Waals surface area contributed by atoms with E-state index in [1.807, 2.05) is 0 Å². The van der Waals surface area contributed by atoms with Crippen LogP contribution >= 0.6 is 0 Å². The Balaban J connectivity index is 1.90. The highest BCUT2D eigenvalue weighted by Crippen LogP contribution is 2.19. The number of benzene rings is 1. The van der Waals surface area contributed by atoms with E-state index in [9.17, 15) is 19.2 Å². The molecule has 1 atom stereocenters. The number of urea groups is 1. The van der Waals surface area contributed by atoms with Crippen LogP contribution < -0.4 is 16.1 Å². The van der Waals surface area contributed by atoms with Crippen LogP contribution in [0.1, 0.15) is 30.6 Å². The van der Waals surface area contributed by atoms with Crippen LogP contribution in [0.5, 0.6) is 0 Å². The molecule has 9 nitrogen and oxygen atoms in total. The molecular weight excluding hydrogens is 338 g/mol. The highest BCUT2D eigenvalue weighted by atomic mass is 16.2. The third kappa shape index (κ3) is 3.93. The molecule has 1 heterocycles. The molecule has 3 N–H and O–H groups in total. The van der Waals surface area contributed by atoms with Gasteiger partial charge >= 0.3 is 6.03 Å². The van der Waals surface area contributed by atoms with Gasteiger partial charge < -0.3 is 15.5 Å². The number of anilines is 1. The summed E-state index contributed by atoms with van der Waals surface area (Å²) in [6.45, 7) is 3.24. The van der Waals surface area contributed by atoms with Gasteiger partial charge in [0.05, 0.1) is 6.54 Å². The first kappa shape index (κ1) is 19.2. The third-order valence-electron chi connectivity index (χ3n) is 4.20. The smallest absolute Gasteiger partial charge is 0.344 e. The van der Waals surface area contributed by atoms with E-state index in [0.29, 0.717) is 22.7 Å². The van der Waals surface area contributed by atoms with Gasteiger partial charge in [-0.25, -0.2) is 4.79 Å². The minimum absolute atomic E-state index is 0.119. The molecule has 1 aromatic rings. The number of carbonyl (C=O) groups is 4. The number of amides is 5. The number of carbonyl (C=O) groups excluding carboxylic acids is 4. The van der Waals surface area contributed by atoms with E-state index >= 15 is 0 Å². The molecule has 9 heteroatoms. The average molecular weight is 361 g/mol. The maximum absolute atomic E-state index is 12.2. The van der Waals surface area contributed by atoms with Crippen molar-refractivity contribution in [1.29, 1.82) is 0 Å². The van der Waals surface area contributed by atoms with E-state index in [1.165, 1.54) is 4.90 Å². The van der Waals surface area contributed by atoms with Crippen LogP contribution in [0.4, 0.5) is 10.5 Å². The van der Waals surface area contributed by atoms with Gasteiger partial charge in [0.15, 0.2) is 0 Å². The van der Waals surface area contributed by atoms with Gasteiger partial charge in [0.25, 0.3) is 17.7 Å². The third-order valence-corrected chi connectivity index (χ3v) is 4.20. The van der Waals surface area contributed by atoms with E-state index in [2.05, 4.69) is 16.1 Å². The van der Waals surface area contributed by atoms with Crippen LogP contribution in [0, 0.1) is 0 Å². The monoisotopic (exact) mass is 361 g/mol. The van der Waals surface area contributed by atoms with Crippen molar-refractivity contribution in [1.82, 2.24) is 20.7 Å². The first-order valence-electron chi connectivity index (χ1n) is 8.19. The Morgan fingerprint density at radius 3 is 2.31 bits per heavy atom. The number of nitrogens with zero attached hydrogens (tertiary/aromatic N) is 2. The molecule has 0 bridgehead atoms. The molecule has 2 rings (SSSR count). The Hall–Kier alpha value is -3.10. The molecule has 140 valence electrons. The fraction of sp³-hybridized carbons (Fsp3) is 0.412. The number of rotatable bonds is 6. The van der Waals surface area contributed by atoms with Crippen molar-refractivity contribution in [3.63, 3.8) is 0 Å². The lowest BCUT2D eigenvalue weighted by atomic mass is 10.00. The topological polar surface area (TPSA) is 111 Å². The number of imide groups is 1. The zero-order valence-electron chi connectivity index (χ0n) is 15.3. The minimum Gasteiger partial charge on any atom is -0.376 e. The van der Waals surface area contributed by atoms with Crippen molar-refractivity contribution in [2.75, 3.05) is 26.0 Å². The molecule has 0 aliphatic carbocycles. The Bertz CT molecular complexity index is 731. The van der Waals surface area contributed by atoms with Gasteiger partial charge in [0.2, 0.25) is 0 Å². The molecule has 0 spiro atoms. The summed E-state index contributed by atoms with van der Waals surface area (Å²) in [7, 11) is 3.33. The summed E-state index contributed by atoms with van der Waals surface area (Å²) in [5, 5.41) is 6.12. The van der Waals surface area contributed by atoms with Gasteiger partial charge in [0, 0.05) is 25.3 Å². The molecule has 1 fully saturated rings. The highest BCUT2D eigenvalue weighted by molar-refractivity contribution is 6.07. The zero-order chi connectivity index (χ0) is 19.5. The molecule has 0 aromatic heterocycles. The molecule has 1 unspecified atom stereocenters. The standard InChI is InChI=1S/C17H23N5O4/c1-5-17(2)15(25)22(16(26)19-17)20-13(23)10-18-12-8-6-11(7-9-12)14(24)21(3)4/h6-9,18H,5,10H2,1-4H3,(H,19,26)(H,20,23). The highest BCUT2D eigenvalue weighted by Gasteiger charge is 2.47. The second-order valence-corrected chi connectivity index (χ2v) is 6.42. The van der Waals surface area contributed by atoms with Crippen molar-refractivity contribution in [3.8, 4) is 0 Å². The fourth-order valence-corrected chi connectivity index (χ4v) is 2.36. The molecule has 5 amide bonds. The van der Waals surface area contributed by atoms with Crippen molar-refractivity contribution in [2.24, 2.45) is 0 Å². The number of hydrogen-bond acceptors (Lipinski definition) is 5. The Morgan fingerprint density at radius 2 is 1.81 bits per heavy atom. The van der Waals surface area contributed by atoms with Gasteiger partial charge in [-0.05, 0) is 37.6 Å². The first-order valence-corrected chi connectivity index (χ1v) is 8.19. The lowest BCUT2D eigenvalue weighted by molar-refractivity contribution is -0.138. The summed E-state index contributed by atoms with van der Waals surface area (Å²) in [4.78, 5) is 49.4. The van der Waals surface area contributed by atoms with Crippen molar-refractivity contribution in [3.05, 3.63) is 29.8 Å². The normalized spacial score (nSPS) is 19.2. The molecule has 1 aliphatic heterocycles. The first-order chi connectivity index (χ1) is 12.2. The van der Waals surface area contributed by atoms with E-state index in [-0.39, 0.29) is 12.5 Å². The molecule has 1 saturated heterocycles. The minimum atomic E-state index is -1.01. The summed E-state index contributed by atoms with van der Waals surface area (Å²) in [6, 6.07) is 5.98. The van der Waals surface area contributed by atoms with Gasteiger partial charge in [-0.1, -0.05) is 6.92 Å². The van der Waals surface area contributed by atoms with Crippen molar-refractivity contribution >= 4 is 29.4 Å². The predicted molar refractivity (Wildman–Crippen MR) is 95.2 cm³/mol. The summed E-state index contributed by atoms with van der Waals surface area (Å²) in [5.74, 6) is -1.15. The second-order valence-electron chi connectivity index (χ2n) is 6.42. The zero-order valence-corrected chi connectivity index (χ0v) is 15.3. The van der Waals surface area contributed by atoms with Crippen LogP contribution in [0.25, 0.3) is 0 Å². The molecule has 0 saturated carbocycles. The van der Waals surface area contributed by atoms with Gasteiger partial charge in [0.1, 0.15) is 5.54 Å². The average Bonchev–Trinajstić information content (AvgIpc) is 2.83. The fourth-order valence-electron chi connectivity index (χ4n) is 2.36. The van der Waals surface area contributed by atoms with Crippen LogP contribution in [-0.2, 0) is 9.59 Å². The van der Waals surface area contributed by atoms with Gasteiger partial charge in [-0.3, -0.25) is 19.8 Å². The van der Waals surface area contributed by atoms with Crippen LogP contribution in [0.15, 0.2) is 24.3 Å². The number of hydrazine groups is 1. The largest absolute Gasteiger partial charge is 0.376 e. The van der Waals surface area contributed by atoms with E-state index in [0.717, 1.165) is 0 Å².